The summed E-state index contributed by atoms with van der Waals surface area (Å²) in [6.45, 7) is 5.47. The van der Waals surface area contributed by atoms with E-state index in [0.29, 0.717) is 6.04 Å². The Morgan fingerprint density at radius 2 is 2.17 bits per heavy atom. The minimum absolute atomic E-state index is 0.476. The molecule has 18 heavy (non-hydrogen) atoms. The van der Waals surface area contributed by atoms with Gasteiger partial charge in [0.25, 0.3) is 0 Å². The van der Waals surface area contributed by atoms with Crippen LogP contribution in [0.3, 0.4) is 0 Å². The lowest BCUT2D eigenvalue weighted by Crippen LogP contribution is -2.31. The summed E-state index contributed by atoms with van der Waals surface area (Å²) >= 11 is 0. The van der Waals surface area contributed by atoms with Crippen molar-refractivity contribution in [3.05, 3.63) is 11.7 Å². The minimum Gasteiger partial charge on any atom is -0.339 e. The van der Waals surface area contributed by atoms with E-state index in [4.69, 9.17) is 4.52 Å². The molecule has 4 heteroatoms. The van der Waals surface area contributed by atoms with Gasteiger partial charge in [-0.2, -0.15) is 4.98 Å². The van der Waals surface area contributed by atoms with E-state index in [-0.39, 0.29) is 0 Å². The van der Waals surface area contributed by atoms with E-state index < -0.39 is 0 Å². The molecular formula is C14H25N3O. The van der Waals surface area contributed by atoms with Crippen LogP contribution in [-0.4, -0.2) is 22.7 Å². The molecule has 4 nitrogen and oxygen atoms in total. The number of aromatic nitrogens is 2. The molecule has 1 unspecified atom stereocenters. The van der Waals surface area contributed by atoms with Crippen LogP contribution in [0.1, 0.15) is 57.7 Å². The molecule has 1 saturated carbocycles. The zero-order valence-corrected chi connectivity index (χ0v) is 11.6. The van der Waals surface area contributed by atoms with Gasteiger partial charge in [-0.15, -0.1) is 0 Å². The van der Waals surface area contributed by atoms with Crippen LogP contribution in [0.4, 0.5) is 0 Å². The molecule has 0 bridgehead atoms. The highest BCUT2D eigenvalue weighted by Crippen LogP contribution is 2.31. The summed E-state index contributed by atoms with van der Waals surface area (Å²) < 4.78 is 5.35. The van der Waals surface area contributed by atoms with Crippen LogP contribution in [0.5, 0.6) is 0 Å². The molecule has 2 rings (SSSR count). The van der Waals surface area contributed by atoms with Gasteiger partial charge in [0.1, 0.15) is 0 Å². The quantitative estimate of drug-likeness (QED) is 0.733. The fourth-order valence-electron chi connectivity index (χ4n) is 2.22. The third-order valence-corrected chi connectivity index (χ3v) is 3.42. The van der Waals surface area contributed by atoms with Crippen LogP contribution in [0.2, 0.25) is 0 Å². The Morgan fingerprint density at radius 1 is 1.33 bits per heavy atom. The van der Waals surface area contributed by atoms with E-state index in [1.54, 1.807) is 0 Å². The first-order valence-electron chi connectivity index (χ1n) is 7.36. The first kappa shape index (κ1) is 13.5. The van der Waals surface area contributed by atoms with Gasteiger partial charge < -0.3 is 9.84 Å². The second kappa shape index (κ2) is 6.88. The molecular weight excluding hydrogens is 226 g/mol. The van der Waals surface area contributed by atoms with E-state index in [2.05, 4.69) is 29.3 Å². The molecule has 0 aliphatic heterocycles. The largest absolute Gasteiger partial charge is 0.339 e. The fourth-order valence-corrected chi connectivity index (χ4v) is 2.22. The van der Waals surface area contributed by atoms with Crippen molar-refractivity contribution in [1.29, 1.82) is 0 Å². The summed E-state index contributed by atoms with van der Waals surface area (Å²) in [6, 6.07) is 0.476. The van der Waals surface area contributed by atoms with Gasteiger partial charge in [0.2, 0.25) is 5.89 Å². The summed E-state index contributed by atoms with van der Waals surface area (Å²) in [5, 5.41) is 7.63. The lowest BCUT2D eigenvalue weighted by molar-refractivity contribution is 0.346. The van der Waals surface area contributed by atoms with Crippen molar-refractivity contribution in [2.45, 2.75) is 64.8 Å². The zero-order valence-electron chi connectivity index (χ0n) is 11.6. The molecule has 0 amide bonds. The summed E-state index contributed by atoms with van der Waals surface area (Å²) in [5.74, 6) is 2.52. The SMILES string of the molecule is CCCNC(CCC)Cc1nc(CC2CC2)no1. The third-order valence-electron chi connectivity index (χ3n) is 3.42. The molecule has 0 radical (unpaired) electrons. The molecule has 1 aliphatic rings. The van der Waals surface area contributed by atoms with Crippen molar-refractivity contribution in [3.8, 4) is 0 Å². The van der Waals surface area contributed by atoms with Crippen LogP contribution >= 0.6 is 0 Å². The van der Waals surface area contributed by atoms with Gasteiger partial charge in [-0.05, 0) is 38.1 Å². The van der Waals surface area contributed by atoms with Crippen LogP contribution in [0.25, 0.3) is 0 Å². The topological polar surface area (TPSA) is 51.0 Å². The Morgan fingerprint density at radius 3 is 2.83 bits per heavy atom. The molecule has 1 aromatic heterocycles. The molecule has 1 N–H and O–H groups in total. The normalized spacial score (nSPS) is 17.0. The average Bonchev–Trinajstić information content (AvgIpc) is 3.06. The van der Waals surface area contributed by atoms with Crippen molar-refractivity contribution in [2.75, 3.05) is 6.54 Å². The average molecular weight is 251 g/mol. The molecule has 1 aromatic rings. The molecule has 1 atom stereocenters. The van der Waals surface area contributed by atoms with E-state index >= 15 is 0 Å². The Kier molecular flexibility index (Phi) is 5.17. The Labute approximate surface area is 110 Å². The summed E-state index contributed by atoms with van der Waals surface area (Å²) in [5.41, 5.74) is 0. The number of nitrogens with one attached hydrogen (secondary N) is 1. The van der Waals surface area contributed by atoms with Gasteiger partial charge in [-0.1, -0.05) is 25.4 Å². The molecule has 0 aromatic carbocycles. The number of hydrogen-bond acceptors (Lipinski definition) is 4. The van der Waals surface area contributed by atoms with Gasteiger partial charge in [0, 0.05) is 18.9 Å². The molecule has 0 saturated heterocycles. The maximum absolute atomic E-state index is 5.35. The van der Waals surface area contributed by atoms with Crippen molar-refractivity contribution in [2.24, 2.45) is 5.92 Å². The Balaban J connectivity index is 1.82. The van der Waals surface area contributed by atoms with Gasteiger partial charge in [-0.3, -0.25) is 0 Å². The first-order chi connectivity index (χ1) is 8.81. The summed E-state index contributed by atoms with van der Waals surface area (Å²) in [4.78, 5) is 4.50. The van der Waals surface area contributed by atoms with E-state index in [1.165, 1.54) is 25.7 Å². The summed E-state index contributed by atoms with van der Waals surface area (Å²) in [6.07, 6.45) is 8.05. The highest BCUT2D eigenvalue weighted by Gasteiger charge is 2.24. The number of nitrogens with zero attached hydrogens (tertiary/aromatic N) is 2. The summed E-state index contributed by atoms with van der Waals surface area (Å²) in [7, 11) is 0. The Hall–Kier alpha value is -0.900. The lowest BCUT2D eigenvalue weighted by Gasteiger charge is -2.15. The number of rotatable bonds is 9. The van der Waals surface area contributed by atoms with Crippen LogP contribution < -0.4 is 5.32 Å². The lowest BCUT2D eigenvalue weighted by atomic mass is 10.1. The van der Waals surface area contributed by atoms with Crippen LogP contribution in [0, 0.1) is 5.92 Å². The number of hydrogen-bond donors (Lipinski definition) is 1. The molecule has 1 aliphatic carbocycles. The standard InChI is InChI=1S/C14H25N3O/c1-3-5-12(15-8-4-2)10-14-16-13(17-18-14)9-11-6-7-11/h11-12,15H,3-10H2,1-2H3. The van der Waals surface area contributed by atoms with Gasteiger partial charge in [0.05, 0.1) is 0 Å². The zero-order chi connectivity index (χ0) is 12.8. The minimum atomic E-state index is 0.476. The maximum Gasteiger partial charge on any atom is 0.228 e. The predicted molar refractivity (Wildman–Crippen MR) is 71.4 cm³/mol. The second-order valence-electron chi connectivity index (χ2n) is 5.40. The van der Waals surface area contributed by atoms with E-state index in [1.807, 2.05) is 0 Å². The molecule has 102 valence electrons. The predicted octanol–water partition coefficient (Wildman–Crippen LogP) is 2.73. The molecule has 1 heterocycles. The van der Waals surface area contributed by atoms with E-state index in [9.17, 15) is 0 Å². The third kappa shape index (κ3) is 4.41. The fraction of sp³-hybridized carbons (Fsp3) is 0.857. The molecule has 0 spiro atoms. The van der Waals surface area contributed by atoms with Crippen molar-refractivity contribution >= 4 is 0 Å². The monoisotopic (exact) mass is 251 g/mol. The van der Waals surface area contributed by atoms with Crippen molar-refractivity contribution in [3.63, 3.8) is 0 Å². The molecule has 1 fully saturated rings. The van der Waals surface area contributed by atoms with Crippen molar-refractivity contribution in [1.82, 2.24) is 15.5 Å². The highest BCUT2D eigenvalue weighted by atomic mass is 16.5. The highest BCUT2D eigenvalue weighted by molar-refractivity contribution is 4.93. The first-order valence-corrected chi connectivity index (χ1v) is 7.36. The van der Waals surface area contributed by atoms with Crippen LogP contribution in [-0.2, 0) is 12.8 Å². The van der Waals surface area contributed by atoms with Crippen molar-refractivity contribution < 1.29 is 4.52 Å². The second-order valence-corrected chi connectivity index (χ2v) is 5.40. The maximum atomic E-state index is 5.35. The van der Waals surface area contributed by atoms with Gasteiger partial charge >= 0.3 is 0 Å². The van der Waals surface area contributed by atoms with Crippen LogP contribution in [0.15, 0.2) is 4.52 Å². The van der Waals surface area contributed by atoms with Gasteiger partial charge in [0.15, 0.2) is 5.82 Å². The Bertz CT molecular complexity index is 347. The smallest absolute Gasteiger partial charge is 0.228 e. The van der Waals surface area contributed by atoms with E-state index in [0.717, 1.165) is 43.4 Å². The van der Waals surface area contributed by atoms with Gasteiger partial charge in [-0.25, -0.2) is 0 Å².